The second-order valence-electron chi connectivity index (χ2n) is 14.0. The van der Waals surface area contributed by atoms with Gasteiger partial charge in [-0.1, -0.05) is 41.9 Å². The first-order valence-corrected chi connectivity index (χ1v) is 18.5. The quantitative estimate of drug-likeness (QED) is 0.218. The maximum atomic E-state index is 15.9. The van der Waals surface area contributed by atoms with Gasteiger partial charge in [-0.15, -0.1) is 11.8 Å². The van der Waals surface area contributed by atoms with Crippen molar-refractivity contribution in [2.75, 3.05) is 36.8 Å². The number of piperidine rings is 1. The third kappa shape index (κ3) is 7.36. The van der Waals surface area contributed by atoms with Crippen molar-refractivity contribution in [1.82, 2.24) is 19.7 Å². The van der Waals surface area contributed by atoms with Crippen molar-refractivity contribution in [2.45, 2.75) is 55.6 Å². The number of β-lactam (4-membered cyclic amide) rings is 1. The number of carbonyl (C=O) groups is 4. The van der Waals surface area contributed by atoms with Crippen molar-refractivity contribution in [3.8, 4) is 0 Å². The van der Waals surface area contributed by atoms with Gasteiger partial charge < -0.3 is 25.0 Å². The summed E-state index contributed by atoms with van der Waals surface area (Å²) in [7, 11) is 0. The van der Waals surface area contributed by atoms with Crippen LogP contribution >= 0.6 is 23.4 Å². The minimum atomic E-state index is -1.38. The summed E-state index contributed by atoms with van der Waals surface area (Å²) in [5, 5.41) is 22.2. The molecule has 4 aliphatic heterocycles. The van der Waals surface area contributed by atoms with Crippen LogP contribution < -0.4 is 15.6 Å². The number of fused-ring (bicyclic) bond motifs is 3. The molecule has 0 unspecified atom stereocenters. The second kappa shape index (κ2) is 16.0. The number of benzene rings is 2. The molecule has 1 aromatic heterocycles. The van der Waals surface area contributed by atoms with Crippen LogP contribution in [-0.2, 0) is 20.8 Å². The van der Waals surface area contributed by atoms with Crippen molar-refractivity contribution in [1.29, 1.82) is 0 Å². The van der Waals surface area contributed by atoms with Gasteiger partial charge in [-0.2, -0.15) is 0 Å². The number of aromatic nitrogens is 1. The molecule has 4 fully saturated rings. The summed E-state index contributed by atoms with van der Waals surface area (Å²) in [6.45, 7) is 1.93. The van der Waals surface area contributed by atoms with E-state index in [2.05, 4.69) is 10.2 Å². The van der Waals surface area contributed by atoms with E-state index in [0.717, 1.165) is 37.3 Å². The summed E-state index contributed by atoms with van der Waals surface area (Å²) in [6, 6.07) is 9.40. The number of likely N-dealkylation sites (tertiary alicyclic amines) is 1. The van der Waals surface area contributed by atoms with E-state index >= 15 is 4.39 Å². The topological polar surface area (TPSA) is 152 Å². The molecule has 0 radical (unpaired) electrons. The summed E-state index contributed by atoms with van der Waals surface area (Å²) in [4.78, 5) is 69.0. The SMILES string of the molecule is O=C(Cc1ccccc1)N[C@@H]1C(=O)N2C(C(=O)O)=C(CN3CCC[C@H]4CN(c5c(F)cc6c(=O)c(C(=O)O)cn(C7CC7)c6c5Cl)C[C@H]43)CS[C@H]12.[NaH].[NaH]. The molecule has 12 nitrogen and oxygen atoms in total. The molecule has 4 atom stereocenters. The van der Waals surface area contributed by atoms with E-state index in [4.69, 9.17) is 11.6 Å². The molecule has 270 valence electrons. The van der Waals surface area contributed by atoms with Gasteiger partial charge in [-0.05, 0) is 55.3 Å². The maximum absolute atomic E-state index is 15.9. The van der Waals surface area contributed by atoms with Crippen LogP contribution in [0.3, 0.4) is 0 Å². The second-order valence-corrected chi connectivity index (χ2v) is 15.4. The standard InChI is InChI=1S/C36H35ClFN5O7S.2Na.2H/c37-27-30-22(32(45)23(35(47)48)15-42(30)21-8-9-21)12-24(38)31(27)41-13-19-7-4-10-40(25(19)16-41)14-20-17-51-34-28(33(46)43(34)29(20)36(49)50)39-26(44)11-18-5-2-1-3-6-18;;;;/h1-3,5-6,12,15,19,21,25,28,34H,4,7-11,13-14,16-17H2,(H,39,44)(H,47,48)(H,49,50);;;;/t19-,25+,28+,34+;;;;/m0..../s1. The molecule has 3 N–H and O–H groups in total. The molecule has 3 aromatic rings. The molecule has 8 rings (SSSR count). The number of carboxylic acids is 2. The number of amides is 2. The predicted octanol–water partition coefficient (Wildman–Crippen LogP) is 2.41. The van der Waals surface area contributed by atoms with E-state index in [-0.39, 0.29) is 111 Å². The van der Waals surface area contributed by atoms with Crippen LogP contribution in [0.15, 0.2) is 58.7 Å². The third-order valence-electron chi connectivity index (χ3n) is 10.7. The number of nitrogens with zero attached hydrogens (tertiary/aromatic N) is 4. The van der Waals surface area contributed by atoms with E-state index < -0.39 is 46.1 Å². The van der Waals surface area contributed by atoms with Crippen LogP contribution in [0.25, 0.3) is 10.9 Å². The Labute approximate surface area is 357 Å². The Hall–Kier alpha value is -2.40. The van der Waals surface area contributed by atoms with Crippen molar-refractivity contribution in [3.63, 3.8) is 0 Å². The zero-order valence-corrected chi connectivity index (χ0v) is 29.0. The first kappa shape index (κ1) is 40.3. The fraction of sp³-hybridized carbons (Fsp3) is 0.417. The van der Waals surface area contributed by atoms with Gasteiger partial charge in [0, 0.05) is 43.7 Å². The molecule has 1 saturated carbocycles. The number of thioether (sulfide) groups is 1. The number of pyridine rings is 1. The average Bonchev–Trinajstić information content (AvgIpc) is 3.86. The first-order chi connectivity index (χ1) is 24.5. The van der Waals surface area contributed by atoms with E-state index in [9.17, 15) is 34.2 Å². The zero-order valence-electron chi connectivity index (χ0n) is 27.4. The van der Waals surface area contributed by atoms with Crippen molar-refractivity contribution in [2.24, 2.45) is 5.92 Å². The number of hydrogen-bond donors (Lipinski definition) is 3. The molecule has 1 aliphatic carbocycles. The fourth-order valence-electron chi connectivity index (χ4n) is 8.22. The number of carboxylic acid groups (broad SMARTS) is 2. The van der Waals surface area contributed by atoms with Gasteiger partial charge in [0.05, 0.1) is 28.0 Å². The number of halogens is 2. The monoisotopic (exact) mass is 783 g/mol. The Morgan fingerprint density at radius 2 is 1.75 bits per heavy atom. The van der Waals surface area contributed by atoms with Gasteiger partial charge in [0.1, 0.15) is 28.5 Å². The van der Waals surface area contributed by atoms with Crippen molar-refractivity contribution < 1.29 is 33.8 Å². The molecule has 17 heteroatoms. The number of nitrogens with one attached hydrogen (secondary N) is 1. The molecule has 5 heterocycles. The molecule has 53 heavy (non-hydrogen) atoms. The van der Waals surface area contributed by atoms with Crippen LogP contribution in [0.4, 0.5) is 10.1 Å². The van der Waals surface area contributed by atoms with Gasteiger partial charge in [-0.25, -0.2) is 14.0 Å². The Balaban J connectivity index is 0.00000240. The first-order valence-electron chi connectivity index (χ1n) is 17.0. The van der Waals surface area contributed by atoms with Crippen LogP contribution in [0.5, 0.6) is 0 Å². The van der Waals surface area contributed by atoms with Gasteiger partial charge in [0.2, 0.25) is 11.3 Å². The number of aromatic carboxylic acids is 1. The summed E-state index contributed by atoms with van der Waals surface area (Å²) in [5.74, 6) is -3.52. The van der Waals surface area contributed by atoms with E-state index in [1.165, 1.54) is 22.9 Å². The van der Waals surface area contributed by atoms with Crippen molar-refractivity contribution in [3.05, 3.63) is 86.1 Å². The predicted molar refractivity (Wildman–Crippen MR) is 203 cm³/mol. The number of rotatable bonds is 9. The van der Waals surface area contributed by atoms with Crippen LogP contribution in [-0.4, -0.2) is 157 Å². The summed E-state index contributed by atoms with van der Waals surface area (Å²) >= 11 is 8.37. The number of anilines is 1. The molecule has 3 saturated heterocycles. The number of hydrogen-bond acceptors (Lipinski definition) is 8. The van der Waals surface area contributed by atoms with E-state index in [1.54, 1.807) is 4.57 Å². The van der Waals surface area contributed by atoms with E-state index in [0.29, 0.717) is 43.0 Å². The molecular weight excluding hydrogens is 747 g/mol. The van der Waals surface area contributed by atoms with Gasteiger partial charge >= 0.3 is 71.1 Å². The van der Waals surface area contributed by atoms with Gasteiger partial charge in [0.15, 0.2) is 0 Å². The van der Waals surface area contributed by atoms with Crippen molar-refractivity contribution >= 4 is 123 Å². The molecule has 0 spiro atoms. The van der Waals surface area contributed by atoms with Crippen LogP contribution in [0.2, 0.25) is 5.02 Å². The van der Waals surface area contributed by atoms with Gasteiger partial charge in [0.25, 0.3) is 5.91 Å². The average molecular weight is 784 g/mol. The number of carbonyl (C=O) groups excluding carboxylic acids is 2. The number of aliphatic carboxylic acids is 1. The summed E-state index contributed by atoms with van der Waals surface area (Å²) in [5.41, 5.74) is 0.678. The molecular formula is C36H37ClFN5Na2O7S. The van der Waals surface area contributed by atoms with Crippen LogP contribution in [0.1, 0.15) is 47.6 Å². The Kier molecular flexibility index (Phi) is 12.1. The minimum absolute atomic E-state index is 0. The van der Waals surface area contributed by atoms with Crippen LogP contribution in [0, 0.1) is 11.7 Å². The summed E-state index contributed by atoms with van der Waals surface area (Å²) < 4.78 is 17.6. The molecule has 0 bridgehead atoms. The van der Waals surface area contributed by atoms with Gasteiger partial charge in [-0.3, -0.25) is 24.2 Å². The Bertz CT molecular complexity index is 2100. The zero-order chi connectivity index (χ0) is 35.7. The Morgan fingerprint density at radius 3 is 2.43 bits per heavy atom. The van der Waals surface area contributed by atoms with E-state index in [1.807, 2.05) is 35.2 Å². The third-order valence-corrected chi connectivity index (χ3v) is 12.4. The fourth-order valence-corrected chi connectivity index (χ4v) is 9.97. The molecule has 5 aliphatic rings. The molecule has 2 aromatic carbocycles. The normalized spacial score (nSPS) is 23.8. The molecule has 2 amide bonds. The Morgan fingerprint density at radius 1 is 1.02 bits per heavy atom. The summed E-state index contributed by atoms with van der Waals surface area (Å²) in [6.07, 6.45) is 4.75.